The molecule has 2 aliphatic heterocycles. The van der Waals surface area contributed by atoms with Crippen LogP contribution in [-0.4, -0.2) is 73.0 Å². The van der Waals surface area contributed by atoms with Gasteiger partial charge < -0.3 is 15.0 Å². The van der Waals surface area contributed by atoms with E-state index in [1.54, 1.807) is 12.0 Å². The maximum Gasteiger partial charge on any atom is 0.317 e. The van der Waals surface area contributed by atoms with Crippen molar-refractivity contribution in [3.63, 3.8) is 0 Å². The van der Waals surface area contributed by atoms with Crippen LogP contribution in [0.3, 0.4) is 0 Å². The van der Waals surface area contributed by atoms with E-state index in [1.165, 1.54) is 0 Å². The Hall–Kier alpha value is -1.63. The van der Waals surface area contributed by atoms with Gasteiger partial charge in [-0.1, -0.05) is 13.8 Å². The van der Waals surface area contributed by atoms with E-state index in [2.05, 4.69) is 19.2 Å². The number of nitrogens with zero attached hydrogens (tertiary/aromatic N) is 3. The van der Waals surface area contributed by atoms with Gasteiger partial charge in [0, 0.05) is 32.7 Å². The van der Waals surface area contributed by atoms with E-state index in [4.69, 9.17) is 9.73 Å². The van der Waals surface area contributed by atoms with Gasteiger partial charge in [-0.15, -0.1) is 0 Å². The zero-order valence-electron chi connectivity index (χ0n) is 15.7. The smallest absolute Gasteiger partial charge is 0.317 e. The summed E-state index contributed by atoms with van der Waals surface area (Å²) in [6.07, 6.45) is 1.75. The highest BCUT2D eigenvalue weighted by atomic mass is 16.5. The first-order valence-electron chi connectivity index (χ1n) is 9.29. The molecule has 140 valence electrons. The number of rotatable bonds is 5. The highest BCUT2D eigenvalue weighted by Gasteiger charge is 2.61. The second kappa shape index (κ2) is 6.94. The lowest BCUT2D eigenvalue weighted by Gasteiger charge is -2.28. The van der Waals surface area contributed by atoms with Crippen molar-refractivity contribution in [2.45, 2.75) is 39.2 Å². The molecule has 0 aromatic heterocycles. The van der Waals surface area contributed by atoms with Gasteiger partial charge in [0.2, 0.25) is 0 Å². The lowest BCUT2D eigenvalue weighted by molar-refractivity contribution is -0.132. The molecule has 1 aliphatic carbocycles. The van der Waals surface area contributed by atoms with Crippen LogP contribution in [0.2, 0.25) is 0 Å². The maximum absolute atomic E-state index is 13.1. The van der Waals surface area contributed by atoms with Crippen LogP contribution >= 0.6 is 0 Å². The van der Waals surface area contributed by atoms with Crippen LogP contribution in [0, 0.1) is 17.8 Å². The molecule has 2 heterocycles. The summed E-state index contributed by atoms with van der Waals surface area (Å²) >= 11 is 0. The molecule has 0 aromatic carbocycles. The molecular weight excluding hydrogens is 320 g/mol. The van der Waals surface area contributed by atoms with Gasteiger partial charge in [-0.2, -0.15) is 0 Å². The Morgan fingerprint density at radius 1 is 1.44 bits per heavy atom. The molecule has 3 amide bonds. The molecule has 2 fully saturated rings. The van der Waals surface area contributed by atoms with E-state index in [1.807, 2.05) is 11.8 Å². The lowest BCUT2D eigenvalue weighted by atomic mass is 9.85. The Morgan fingerprint density at radius 3 is 2.88 bits per heavy atom. The van der Waals surface area contributed by atoms with Crippen molar-refractivity contribution in [2.75, 3.05) is 39.9 Å². The van der Waals surface area contributed by atoms with Gasteiger partial charge in [-0.3, -0.25) is 14.7 Å². The molecule has 3 aliphatic rings. The molecule has 0 radical (unpaired) electrons. The Kier molecular flexibility index (Phi) is 5.04. The van der Waals surface area contributed by atoms with Crippen LogP contribution in [0.15, 0.2) is 4.99 Å². The third kappa shape index (κ3) is 3.14. The molecule has 7 nitrogen and oxygen atoms in total. The van der Waals surface area contributed by atoms with Crippen LogP contribution < -0.4 is 5.32 Å². The Bertz CT molecular complexity index is 577. The molecule has 0 bridgehead atoms. The largest absolute Gasteiger partial charge is 0.383 e. The Morgan fingerprint density at radius 2 is 2.20 bits per heavy atom. The molecule has 1 spiro atoms. The molecule has 0 aromatic rings. The summed E-state index contributed by atoms with van der Waals surface area (Å²) in [6.45, 7) is 9.14. The topological polar surface area (TPSA) is 74.2 Å². The molecule has 25 heavy (non-hydrogen) atoms. The SMILES string of the molecule is COCCN1C(=O)[C@]2(CC[C@@H]3CN(C(=O)NCC(C)C)C[C@@H]32)N=C1C. The number of fused-ring (bicyclic) bond motifs is 2. The summed E-state index contributed by atoms with van der Waals surface area (Å²) in [5.74, 6) is 1.81. The van der Waals surface area contributed by atoms with Gasteiger partial charge in [0.15, 0.2) is 0 Å². The maximum atomic E-state index is 13.1. The summed E-state index contributed by atoms with van der Waals surface area (Å²) in [6, 6.07) is -0.0133. The molecular formula is C18H30N4O3. The highest BCUT2D eigenvalue weighted by molar-refractivity contribution is 6.07. The zero-order chi connectivity index (χ0) is 18.2. The summed E-state index contributed by atoms with van der Waals surface area (Å²) in [4.78, 5) is 34.0. The monoisotopic (exact) mass is 350 g/mol. The minimum absolute atomic E-state index is 0.0133. The number of amides is 3. The van der Waals surface area contributed by atoms with Gasteiger partial charge in [-0.25, -0.2) is 4.79 Å². The number of hydrogen-bond donors (Lipinski definition) is 1. The van der Waals surface area contributed by atoms with Gasteiger partial charge in [-0.05, 0) is 31.6 Å². The van der Waals surface area contributed by atoms with Crippen molar-refractivity contribution in [2.24, 2.45) is 22.7 Å². The first-order valence-corrected chi connectivity index (χ1v) is 9.29. The number of methoxy groups -OCH3 is 1. The first kappa shape index (κ1) is 18.2. The number of carbonyl (C=O) groups is 2. The number of likely N-dealkylation sites (tertiary alicyclic amines) is 1. The fourth-order valence-electron chi connectivity index (χ4n) is 4.49. The van der Waals surface area contributed by atoms with Crippen molar-refractivity contribution in [3.8, 4) is 0 Å². The number of aliphatic imine (C=N–C) groups is 1. The van der Waals surface area contributed by atoms with Crippen LogP contribution in [0.5, 0.6) is 0 Å². The third-order valence-corrected chi connectivity index (χ3v) is 5.79. The number of amidine groups is 1. The second-order valence-corrected chi connectivity index (χ2v) is 7.92. The van der Waals surface area contributed by atoms with Gasteiger partial charge in [0.25, 0.3) is 5.91 Å². The Balaban J connectivity index is 1.70. The number of carbonyl (C=O) groups excluding carboxylic acids is 2. The van der Waals surface area contributed by atoms with E-state index in [-0.39, 0.29) is 17.9 Å². The van der Waals surface area contributed by atoms with Crippen LogP contribution in [0.25, 0.3) is 0 Å². The van der Waals surface area contributed by atoms with Gasteiger partial charge in [0.1, 0.15) is 11.4 Å². The number of ether oxygens (including phenoxy) is 1. The summed E-state index contributed by atoms with van der Waals surface area (Å²) in [7, 11) is 1.64. The fourth-order valence-corrected chi connectivity index (χ4v) is 4.49. The van der Waals surface area contributed by atoms with Gasteiger partial charge in [0.05, 0.1) is 13.2 Å². The van der Waals surface area contributed by atoms with E-state index in [0.29, 0.717) is 38.1 Å². The average molecular weight is 350 g/mol. The normalized spacial score (nSPS) is 31.2. The lowest BCUT2D eigenvalue weighted by Crippen LogP contribution is -2.48. The molecule has 7 heteroatoms. The summed E-state index contributed by atoms with van der Waals surface area (Å²) in [5, 5.41) is 2.99. The van der Waals surface area contributed by atoms with Gasteiger partial charge >= 0.3 is 6.03 Å². The third-order valence-electron chi connectivity index (χ3n) is 5.79. The molecule has 3 rings (SSSR count). The van der Waals surface area contributed by atoms with E-state index in [9.17, 15) is 9.59 Å². The van der Waals surface area contributed by atoms with E-state index < -0.39 is 5.54 Å². The van der Waals surface area contributed by atoms with E-state index in [0.717, 1.165) is 25.2 Å². The highest BCUT2D eigenvalue weighted by Crippen LogP contribution is 2.50. The Labute approximate surface area is 149 Å². The quantitative estimate of drug-likeness (QED) is 0.813. The van der Waals surface area contributed by atoms with Crippen molar-refractivity contribution in [1.82, 2.24) is 15.1 Å². The number of hydrogen-bond acceptors (Lipinski definition) is 4. The van der Waals surface area contributed by atoms with Crippen molar-refractivity contribution in [3.05, 3.63) is 0 Å². The number of nitrogens with one attached hydrogen (secondary N) is 1. The standard InChI is InChI=1S/C18H30N4O3/c1-12(2)9-19-17(24)21-10-14-5-6-18(15(14)11-21)16(23)22(7-8-25-4)13(3)20-18/h12,14-15H,5-11H2,1-4H3,(H,19,24)/t14-,15+,18-/m1/s1. The first-order chi connectivity index (χ1) is 11.9. The van der Waals surface area contributed by atoms with Crippen LogP contribution in [0.1, 0.15) is 33.6 Å². The van der Waals surface area contributed by atoms with Crippen molar-refractivity contribution < 1.29 is 14.3 Å². The fraction of sp³-hybridized carbons (Fsp3) is 0.833. The molecule has 1 saturated heterocycles. The van der Waals surface area contributed by atoms with Crippen molar-refractivity contribution in [1.29, 1.82) is 0 Å². The molecule has 0 unspecified atom stereocenters. The molecule has 1 N–H and O–H groups in total. The summed E-state index contributed by atoms with van der Waals surface area (Å²) in [5.41, 5.74) is -0.657. The van der Waals surface area contributed by atoms with Crippen LogP contribution in [-0.2, 0) is 9.53 Å². The number of urea groups is 1. The average Bonchev–Trinajstić information content (AvgIpc) is 3.19. The predicted octanol–water partition coefficient (Wildman–Crippen LogP) is 1.34. The van der Waals surface area contributed by atoms with E-state index >= 15 is 0 Å². The zero-order valence-corrected chi connectivity index (χ0v) is 15.7. The molecule has 1 saturated carbocycles. The minimum atomic E-state index is -0.657. The summed E-state index contributed by atoms with van der Waals surface area (Å²) < 4.78 is 5.12. The molecule has 3 atom stereocenters. The van der Waals surface area contributed by atoms with Crippen molar-refractivity contribution >= 4 is 17.8 Å². The minimum Gasteiger partial charge on any atom is -0.383 e. The predicted molar refractivity (Wildman–Crippen MR) is 95.5 cm³/mol. The second-order valence-electron chi connectivity index (χ2n) is 7.92. The van der Waals surface area contributed by atoms with Crippen LogP contribution in [0.4, 0.5) is 4.79 Å².